The molecule has 108 valence electrons. The highest BCUT2D eigenvalue weighted by Gasteiger charge is 2.17. The van der Waals surface area contributed by atoms with Crippen molar-refractivity contribution in [3.8, 4) is 17.0 Å². The molecule has 1 aliphatic rings. The van der Waals surface area contributed by atoms with Gasteiger partial charge in [-0.1, -0.05) is 39.8 Å². The molecule has 2 heterocycles. The molecule has 20 heavy (non-hydrogen) atoms. The Morgan fingerprint density at radius 1 is 1.15 bits per heavy atom. The number of hydrogen-bond acceptors (Lipinski definition) is 3. The SMILES string of the molecule is CC.CC.O=c1[nH]cnc2c1CCOc1ccccc1-2. The zero-order valence-electron chi connectivity index (χ0n) is 12.6. The molecular formula is C16H22N2O2. The summed E-state index contributed by atoms with van der Waals surface area (Å²) in [6.45, 7) is 8.51. The Labute approximate surface area is 119 Å². The molecule has 0 amide bonds. The van der Waals surface area contributed by atoms with E-state index in [0.717, 1.165) is 17.0 Å². The number of aromatic amines is 1. The topological polar surface area (TPSA) is 55.0 Å². The summed E-state index contributed by atoms with van der Waals surface area (Å²) in [6, 6.07) is 7.65. The second-order valence-electron chi connectivity index (χ2n) is 3.65. The van der Waals surface area contributed by atoms with E-state index >= 15 is 0 Å². The lowest BCUT2D eigenvalue weighted by molar-refractivity contribution is 0.326. The van der Waals surface area contributed by atoms with E-state index in [1.165, 1.54) is 6.33 Å². The maximum Gasteiger partial charge on any atom is 0.254 e. The summed E-state index contributed by atoms with van der Waals surface area (Å²) >= 11 is 0. The predicted molar refractivity (Wildman–Crippen MR) is 82.2 cm³/mol. The lowest BCUT2D eigenvalue weighted by Crippen LogP contribution is -2.15. The van der Waals surface area contributed by atoms with Gasteiger partial charge in [0, 0.05) is 17.5 Å². The van der Waals surface area contributed by atoms with E-state index < -0.39 is 0 Å². The van der Waals surface area contributed by atoms with Crippen LogP contribution in [0.15, 0.2) is 35.4 Å². The van der Waals surface area contributed by atoms with Crippen LogP contribution in [0.4, 0.5) is 0 Å². The second kappa shape index (κ2) is 8.15. The van der Waals surface area contributed by atoms with E-state index in [4.69, 9.17) is 4.74 Å². The number of nitrogens with zero attached hydrogens (tertiary/aromatic N) is 1. The van der Waals surface area contributed by atoms with Gasteiger partial charge < -0.3 is 9.72 Å². The molecule has 0 saturated carbocycles. The van der Waals surface area contributed by atoms with Crippen molar-refractivity contribution in [1.29, 1.82) is 0 Å². The molecule has 0 spiro atoms. The molecule has 0 unspecified atom stereocenters. The predicted octanol–water partition coefficient (Wildman–Crippen LogP) is 3.42. The Morgan fingerprint density at radius 3 is 2.60 bits per heavy atom. The standard InChI is InChI=1S/C12H10N2O2.2C2H6/c15-12-9-5-6-16-10-4-2-1-3-8(10)11(9)13-7-14-12;2*1-2/h1-4,7H,5-6H2,(H,13,14,15);2*1-2H3. The first-order valence-corrected chi connectivity index (χ1v) is 7.15. The van der Waals surface area contributed by atoms with E-state index in [9.17, 15) is 4.79 Å². The zero-order valence-corrected chi connectivity index (χ0v) is 12.6. The lowest BCUT2D eigenvalue weighted by Gasteiger charge is -2.05. The first-order chi connectivity index (χ1) is 9.86. The Bertz CT molecular complexity index is 591. The summed E-state index contributed by atoms with van der Waals surface area (Å²) < 4.78 is 5.59. The molecule has 0 aliphatic carbocycles. The third-order valence-corrected chi connectivity index (χ3v) is 2.70. The number of aromatic nitrogens is 2. The van der Waals surface area contributed by atoms with Crippen LogP contribution in [0.1, 0.15) is 33.3 Å². The molecule has 4 nitrogen and oxygen atoms in total. The van der Waals surface area contributed by atoms with E-state index in [0.29, 0.717) is 18.6 Å². The van der Waals surface area contributed by atoms with Gasteiger partial charge in [0.2, 0.25) is 0 Å². The highest BCUT2D eigenvalue weighted by atomic mass is 16.5. The second-order valence-corrected chi connectivity index (χ2v) is 3.65. The average molecular weight is 274 g/mol. The fourth-order valence-electron chi connectivity index (χ4n) is 1.94. The molecule has 4 heteroatoms. The summed E-state index contributed by atoms with van der Waals surface area (Å²) in [5, 5.41) is 0. The van der Waals surface area contributed by atoms with Gasteiger partial charge in [-0.15, -0.1) is 0 Å². The van der Waals surface area contributed by atoms with Gasteiger partial charge in [0.05, 0.1) is 18.6 Å². The smallest absolute Gasteiger partial charge is 0.254 e. The van der Waals surface area contributed by atoms with E-state index in [1.807, 2.05) is 52.0 Å². The quantitative estimate of drug-likeness (QED) is 0.800. The fraction of sp³-hybridized carbons (Fsp3) is 0.375. The van der Waals surface area contributed by atoms with Crippen LogP contribution in [0.3, 0.4) is 0 Å². The Kier molecular flexibility index (Phi) is 6.50. The molecule has 1 aromatic heterocycles. The molecule has 0 fully saturated rings. The minimum Gasteiger partial charge on any atom is -0.493 e. The summed E-state index contributed by atoms with van der Waals surface area (Å²) in [5.74, 6) is 0.791. The van der Waals surface area contributed by atoms with Crippen molar-refractivity contribution in [3.05, 3.63) is 46.5 Å². The number of H-pyrrole nitrogens is 1. The van der Waals surface area contributed by atoms with Gasteiger partial charge in [-0.25, -0.2) is 4.98 Å². The minimum atomic E-state index is -0.0784. The number of nitrogens with one attached hydrogen (secondary N) is 1. The largest absolute Gasteiger partial charge is 0.493 e. The van der Waals surface area contributed by atoms with Gasteiger partial charge in [0.1, 0.15) is 5.75 Å². The maximum absolute atomic E-state index is 11.7. The van der Waals surface area contributed by atoms with E-state index in [2.05, 4.69) is 9.97 Å². The third kappa shape index (κ3) is 3.26. The monoisotopic (exact) mass is 274 g/mol. The van der Waals surface area contributed by atoms with Crippen LogP contribution in [0.25, 0.3) is 11.3 Å². The molecule has 3 rings (SSSR count). The van der Waals surface area contributed by atoms with Crippen molar-refractivity contribution in [2.75, 3.05) is 6.61 Å². The number of ether oxygens (including phenoxy) is 1. The van der Waals surface area contributed by atoms with Crippen molar-refractivity contribution in [3.63, 3.8) is 0 Å². The fourth-order valence-corrected chi connectivity index (χ4v) is 1.94. The Hall–Kier alpha value is -2.10. The molecule has 2 aromatic rings. The number of hydrogen-bond donors (Lipinski definition) is 1. The van der Waals surface area contributed by atoms with Crippen LogP contribution in [0.2, 0.25) is 0 Å². The van der Waals surface area contributed by atoms with Gasteiger partial charge in [-0.3, -0.25) is 4.79 Å². The molecule has 0 radical (unpaired) electrons. The highest BCUT2D eigenvalue weighted by molar-refractivity contribution is 5.70. The van der Waals surface area contributed by atoms with Gasteiger partial charge in [-0.2, -0.15) is 0 Å². The van der Waals surface area contributed by atoms with Crippen LogP contribution in [0, 0.1) is 0 Å². The number of para-hydroxylation sites is 1. The number of fused-ring (bicyclic) bond motifs is 3. The first kappa shape index (κ1) is 16.0. The zero-order chi connectivity index (χ0) is 15.0. The Balaban J connectivity index is 0.000000461. The van der Waals surface area contributed by atoms with Crippen molar-refractivity contribution >= 4 is 0 Å². The molecule has 0 saturated heterocycles. The molecule has 1 aliphatic heterocycles. The Morgan fingerprint density at radius 2 is 1.85 bits per heavy atom. The van der Waals surface area contributed by atoms with Crippen LogP contribution in [-0.2, 0) is 6.42 Å². The highest BCUT2D eigenvalue weighted by Crippen LogP contribution is 2.31. The molecule has 1 N–H and O–H groups in total. The van der Waals surface area contributed by atoms with Crippen molar-refractivity contribution in [2.24, 2.45) is 0 Å². The van der Waals surface area contributed by atoms with E-state index in [-0.39, 0.29) is 5.56 Å². The maximum atomic E-state index is 11.7. The van der Waals surface area contributed by atoms with Gasteiger partial charge in [0.15, 0.2) is 0 Å². The molecule has 0 bridgehead atoms. The number of benzene rings is 1. The normalized spacial score (nSPS) is 11.2. The first-order valence-electron chi connectivity index (χ1n) is 7.15. The van der Waals surface area contributed by atoms with Crippen molar-refractivity contribution in [2.45, 2.75) is 34.1 Å². The summed E-state index contributed by atoms with van der Waals surface area (Å²) in [7, 11) is 0. The summed E-state index contributed by atoms with van der Waals surface area (Å²) in [6.07, 6.45) is 2.02. The van der Waals surface area contributed by atoms with Crippen LogP contribution in [0.5, 0.6) is 5.75 Å². The van der Waals surface area contributed by atoms with Gasteiger partial charge in [0.25, 0.3) is 5.56 Å². The van der Waals surface area contributed by atoms with Crippen LogP contribution < -0.4 is 10.3 Å². The van der Waals surface area contributed by atoms with Crippen LogP contribution >= 0.6 is 0 Å². The average Bonchev–Trinajstić information content (AvgIpc) is 2.72. The lowest BCUT2D eigenvalue weighted by atomic mass is 10.1. The molecule has 1 aromatic carbocycles. The van der Waals surface area contributed by atoms with Gasteiger partial charge >= 0.3 is 0 Å². The summed E-state index contributed by atoms with van der Waals surface area (Å²) in [4.78, 5) is 18.5. The third-order valence-electron chi connectivity index (χ3n) is 2.70. The minimum absolute atomic E-state index is 0.0784. The van der Waals surface area contributed by atoms with Crippen molar-refractivity contribution in [1.82, 2.24) is 9.97 Å². The van der Waals surface area contributed by atoms with Crippen LogP contribution in [-0.4, -0.2) is 16.6 Å². The molecule has 0 atom stereocenters. The molecular weight excluding hydrogens is 252 g/mol. The van der Waals surface area contributed by atoms with E-state index in [1.54, 1.807) is 0 Å². The van der Waals surface area contributed by atoms with Crippen molar-refractivity contribution < 1.29 is 4.74 Å². The number of rotatable bonds is 0. The summed E-state index contributed by atoms with van der Waals surface area (Å²) in [5.41, 5.74) is 2.25. The van der Waals surface area contributed by atoms with Gasteiger partial charge in [-0.05, 0) is 12.1 Å².